The fourth-order valence-electron chi connectivity index (χ4n) is 3.82. The lowest BCUT2D eigenvalue weighted by molar-refractivity contribution is 0.102. The van der Waals surface area contributed by atoms with E-state index in [2.05, 4.69) is 24.1 Å². The number of carbonyl (C=O) groups excluding carboxylic acids is 1. The highest BCUT2D eigenvalue weighted by Gasteiger charge is 2.25. The van der Waals surface area contributed by atoms with E-state index in [0.717, 1.165) is 71.6 Å². The second-order valence-electron chi connectivity index (χ2n) is 7.37. The molecule has 0 spiro atoms. The molecule has 2 aromatic carbocycles. The zero-order valence-corrected chi connectivity index (χ0v) is 17.1. The molecule has 0 radical (unpaired) electrons. The van der Waals surface area contributed by atoms with Crippen molar-refractivity contribution in [1.82, 2.24) is 9.88 Å². The van der Waals surface area contributed by atoms with Crippen LogP contribution in [0.25, 0.3) is 10.9 Å². The van der Waals surface area contributed by atoms with Gasteiger partial charge in [0.15, 0.2) is 0 Å². The molecule has 0 unspecified atom stereocenters. The Morgan fingerprint density at radius 1 is 1.14 bits per heavy atom. The van der Waals surface area contributed by atoms with Crippen molar-refractivity contribution in [3.05, 3.63) is 65.4 Å². The normalized spacial score (nSPS) is 13.9. The summed E-state index contributed by atoms with van der Waals surface area (Å²) in [5.41, 5.74) is 4.48. The molecule has 1 amide bonds. The molecule has 150 valence electrons. The van der Waals surface area contributed by atoms with Crippen LogP contribution in [-0.4, -0.2) is 35.5 Å². The van der Waals surface area contributed by atoms with E-state index >= 15 is 0 Å². The number of anilines is 1. The molecule has 4 rings (SSSR count). The Bertz CT molecular complexity index is 1010. The number of likely N-dealkylation sites (N-methyl/N-ethyl adjacent to an activating group) is 1. The number of para-hydroxylation sites is 1. The van der Waals surface area contributed by atoms with Gasteiger partial charge < -0.3 is 10.1 Å². The second-order valence-corrected chi connectivity index (χ2v) is 7.37. The zero-order chi connectivity index (χ0) is 20.2. The minimum absolute atomic E-state index is 0.0833. The summed E-state index contributed by atoms with van der Waals surface area (Å²) in [5.74, 6) is 0.732. The van der Waals surface area contributed by atoms with Crippen molar-refractivity contribution in [2.24, 2.45) is 0 Å². The van der Waals surface area contributed by atoms with Gasteiger partial charge >= 0.3 is 0 Å². The van der Waals surface area contributed by atoms with Gasteiger partial charge in [0.25, 0.3) is 5.91 Å². The number of carbonyl (C=O) groups is 1. The van der Waals surface area contributed by atoms with Crippen molar-refractivity contribution in [2.45, 2.75) is 33.2 Å². The SMILES string of the molecule is CCCOc1ccc(NC(=O)c2c3c(nc4ccccc24)CCN(CC)C3)cc1. The standard InChI is InChI=1S/C24H27N3O2/c1-3-15-29-18-11-9-17(10-12-18)25-24(28)23-19-7-5-6-8-21(19)26-22-13-14-27(4-2)16-20(22)23/h5-12H,3-4,13-16H2,1-2H3,(H,25,28). The van der Waals surface area contributed by atoms with Crippen molar-refractivity contribution in [3.8, 4) is 5.75 Å². The molecule has 5 heteroatoms. The first-order valence-corrected chi connectivity index (χ1v) is 10.4. The second kappa shape index (κ2) is 8.62. The van der Waals surface area contributed by atoms with Crippen LogP contribution < -0.4 is 10.1 Å². The monoisotopic (exact) mass is 389 g/mol. The molecule has 0 fully saturated rings. The minimum atomic E-state index is -0.0833. The van der Waals surface area contributed by atoms with Crippen molar-refractivity contribution < 1.29 is 9.53 Å². The highest BCUT2D eigenvalue weighted by Crippen LogP contribution is 2.29. The fraction of sp³-hybridized carbons (Fsp3) is 0.333. The summed E-state index contributed by atoms with van der Waals surface area (Å²) in [6, 6.07) is 15.5. The number of ether oxygens (including phenoxy) is 1. The number of nitrogens with zero attached hydrogens (tertiary/aromatic N) is 2. The molecule has 29 heavy (non-hydrogen) atoms. The third-order valence-corrected chi connectivity index (χ3v) is 5.38. The lowest BCUT2D eigenvalue weighted by atomic mass is 9.95. The van der Waals surface area contributed by atoms with Gasteiger partial charge in [0, 0.05) is 41.8 Å². The maximum absolute atomic E-state index is 13.4. The number of hydrogen-bond acceptors (Lipinski definition) is 4. The number of rotatable bonds is 6. The van der Waals surface area contributed by atoms with Gasteiger partial charge in [0.2, 0.25) is 0 Å². The van der Waals surface area contributed by atoms with Crippen LogP contribution in [0.1, 0.15) is 41.9 Å². The van der Waals surface area contributed by atoms with E-state index in [9.17, 15) is 4.79 Å². The van der Waals surface area contributed by atoms with Gasteiger partial charge in [-0.3, -0.25) is 14.7 Å². The number of benzene rings is 2. The Labute approximate surface area is 171 Å². The van der Waals surface area contributed by atoms with E-state index in [1.807, 2.05) is 48.5 Å². The van der Waals surface area contributed by atoms with Crippen LogP contribution in [0.4, 0.5) is 5.69 Å². The predicted octanol–water partition coefficient (Wildman–Crippen LogP) is 4.65. The lowest BCUT2D eigenvalue weighted by Crippen LogP contribution is -2.33. The van der Waals surface area contributed by atoms with Crippen LogP contribution in [0.5, 0.6) is 5.75 Å². The molecule has 0 saturated carbocycles. The summed E-state index contributed by atoms with van der Waals surface area (Å²) in [5, 5.41) is 3.98. The van der Waals surface area contributed by atoms with Gasteiger partial charge in [-0.2, -0.15) is 0 Å². The van der Waals surface area contributed by atoms with Gasteiger partial charge in [-0.25, -0.2) is 0 Å². The number of aromatic nitrogens is 1. The number of hydrogen-bond donors (Lipinski definition) is 1. The fourth-order valence-corrected chi connectivity index (χ4v) is 3.82. The van der Waals surface area contributed by atoms with E-state index in [-0.39, 0.29) is 5.91 Å². The van der Waals surface area contributed by atoms with Crippen LogP contribution in [0, 0.1) is 0 Å². The first kappa shape index (κ1) is 19.4. The van der Waals surface area contributed by atoms with Crippen molar-refractivity contribution >= 4 is 22.5 Å². The maximum Gasteiger partial charge on any atom is 0.256 e. The first-order valence-electron chi connectivity index (χ1n) is 10.4. The largest absolute Gasteiger partial charge is 0.494 e. The summed E-state index contributed by atoms with van der Waals surface area (Å²) in [6.45, 7) is 7.63. The molecule has 2 heterocycles. The Hall–Kier alpha value is -2.92. The number of fused-ring (bicyclic) bond motifs is 2. The number of nitrogens with one attached hydrogen (secondary N) is 1. The quantitative estimate of drug-likeness (QED) is 0.666. The molecule has 0 saturated heterocycles. The Morgan fingerprint density at radius 3 is 2.69 bits per heavy atom. The van der Waals surface area contributed by atoms with Crippen molar-refractivity contribution in [3.63, 3.8) is 0 Å². The van der Waals surface area contributed by atoms with E-state index < -0.39 is 0 Å². The summed E-state index contributed by atoms with van der Waals surface area (Å²) < 4.78 is 5.63. The van der Waals surface area contributed by atoms with Crippen molar-refractivity contribution in [1.29, 1.82) is 0 Å². The average Bonchev–Trinajstić information content (AvgIpc) is 2.76. The van der Waals surface area contributed by atoms with Gasteiger partial charge in [-0.05, 0) is 43.3 Å². The van der Waals surface area contributed by atoms with E-state index in [1.54, 1.807) is 0 Å². The van der Waals surface area contributed by atoms with Gasteiger partial charge in [0.05, 0.1) is 17.7 Å². The highest BCUT2D eigenvalue weighted by molar-refractivity contribution is 6.13. The third-order valence-electron chi connectivity index (χ3n) is 5.38. The average molecular weight is 389 g/mol. The summed E-state index contributed by atoms with van der Waals surface area (Å²) >= 11 is 0. The topological polar surface area (TPSA) is 54.5 Å². The lowest BCUT2D eigenvalue weighted by Gasteiger charge is -2.29. The van der Waals surface area contributed by atoms with Gasteiger partial charge in [-0.15, -0.1) is 0 Å². The van der Waals surface area contributed by atoms with E-state index in [4.69, 9.17) is 9.72 Å². The predicted molar refractivity (Wildman–Crippen MR) is 117 cm³/mol. The highest BCUT2D eigenvalue weighted by atomic mass is 16.5. The van der Waals surface area contributed by atoms with Gasteiger partial charge in [0.1, 0.15) is 5.75 Å². The van der Waals surface area contributed by atoms with Crippen LogP contribution >= 0.6 is 0 Å². The summed E-state index contributed by atoms with van der Waals surface area (Å²) in [6.07, 6.45) is 1.84. The zero-order valence-electron chi connectivity index (χ0n) is 17.1. The Balaban J connectivity index is 1.68. The molecule has 0 aliphatic carbocycles. The molecule has 3 aromatic rings. The maximum atomic E-state index is 13.4. The smallest absolute Gasteiger partial charge is 0.256 e. The van der Waals surface area contributed by atoms with Crippen LogP contribution in [-0.2, 0) is 13.0 Å². The molecule has 0 bridgehead atoms. The molecular weight excluding hydrogens is 362 g/mol. The Kier molecular flexibility index (Phi) is 5.76. The molecular formula is C24H27N3O2. The van der Waals surface area contributed by atoms with Crippen LogP contribution in [0.15, 0.2) is 48.5 Å². The van der Waals surface area contributed by atoms with E-state index in [0.29, 0.717) is 6.61 Å². The molecule has 1 N–H and O–H groups in total. The van der Waals surface area contributed by atoms with Crippen LogP contribution in [0.3, 0.4) is 0 Å². The number of amides is 1. The van der Waals surface area contributed by atoms with Crippen molar-refractivity contribution in [2.75, 3.05) is 25.0 Å². The van der Waals surface area contributed by atoms with E-state index in [1.165, 1.54) is 0 Å². The Morgan fingerprint density at radius 2 is 1.93 bits per heavy atom. The molecule has 1 aromatic heterocycles. The molecule has 5 nitrogen and oxygen atoms in total. The minimum Gasteiger partial charge on any atom is -0.494 e. The summed E-state index contributed by atoms with van der Waals surface area (Å²) in [4.78, 5) is 20.6. The third kappa shape index (κ3) is 4.10. The summed E-state index contributed by atoms with van der Waals surface area (Å²) in [7, 11) is 0. The van der Waals surface area contributed by atoms with Gasteiger partial charge in [-0.1, -0.05) is 32.0 Å². The molecule has 1 aliphatic rings. The molecule has 1 aliphatic heterocycles. The molecule has 0 atom stereocenters. The first-order chi connectivity index (χ1) is 14.2. The van der Waals surface area contributed by atoms with Crippen LogP contribution in [0.2, 0.25) is 0 Å². The number of pyridine rings is 1.